The van der Waals surface area contributed by atoms with Crippen LogP contribution in [0.1, 0.15) is 36.0 Å². The van der Waals surface area contributed by atoms with Gasteiger partial charge >= 0.3 is 6.09 Å². The number of ether oxygens (including phenoxy) is 1. The molecule has 0 aliphatic carbocycles. The first kappa shape index (κ1) is 22.8. The van der Waals surface area contributed by atoms with Crippen LogP contribution in [0.3, 0.4) is 0 Å². The summed E-state index contributed by atoms with van der Waals surface area (Å²) in [6, 6.07) is 12.5. The quantitative estimate of drug-likeness (QED) is 0.770. The van der Waals surface area contributed by atoms with Crippen LogP contribution in [0.4, 0.5) is 4.79 Å². The number of hydrogen-bond acceptors (Lipinski definition) is 5. The van der Waals surface area contributed by atoms with Crippen molar-refractivity contribution in [2.45, 2.75) is 38.8 Å². The van der Waals surface area contributed by atoms with Crippen molar-refractivity contribution in [3.8, 4) is 0 Å². The maximum Gasteiger partial charge on any atom is 0.410 e. The zero-order valence-electron chi connectivity index (χ0n) is 18.2. The Morgan fingerprint density at radius 1 is 1.00 bits per heavy atom. The Bertz CT molecular complexity index is 885. The van der Waals surface area contributed by atoms with E-state index in [-0.39, 0.29) is 17.9 Å². The topological polar surface area (TPSA) is 79.0 Å². The molecule has 1 aliphatic heterocycles. The third-order valence-corrected chi connectivity index (χ3v) is 5.74. The zero-order valence-corrected chi connectivity index (χ0v) is 19.0. The molecule has 8 heteroatoms. The lowest BCUT2D eigenvalue weighted by molar-refractivity contribution is -0.135. The van der Waals surface area contributed by atoms with E-state index in [1.54, 1.807) is 15.9 Å². The lowest BCUT2D eigenvalue weighted by Gasteiger charge is -2.37. The minimum Gasteiger partial charge on any atom is -0.444 e. The van der Waals surface area contributed by atoms with Crippen molar-refractivity contribution in [2.24, 2.45) is 0 Å². The van der Waals surface area contributed by atoms with Crippen LogP contribution in [0.25, 0.3) is 0 Å². The molecule has 0 radical (unpaired) electrons. The Kier molecular flexibility index (Phi) is 7.33. The van der Waals surface area contributed by atoms with Crippen molar-refractivity contribution in [1.29, 1.82) is 0 Å². The lowest BCUT2D eigenvalue weighted by Crippen LogP contribution is -2.56. The molecule has 1 N–H and O–H groups in total. The molecule has 7 nitrogen and oxygen atoms in total. The average molecular weight is 444 g/mol. The second-order valence-electron chi connectivity index (χ2n) is 8.49. The van der Waals surface area contributed by atoms with E-state index in [0.29, 0.717) is 37.5 Å². The predicted molar refractivity (Wildman–Crippen MR) is 120 cm³/mol. The summed E-state index contributed by atoms with van der Waals surface area (Å²) in [5, 5.41) is 4.74. The maximum absolute atomic E-state index is 13.3. The molecule has 1 atom stereocenters. The SMILES string of the molecule is CC(C)(C)OC(=O)N1CCN(C(=O)C(Cc2ccccc2)NC(=O)c2cccs2)CC1. The molecule has 1 aromatic heterocycles. The van der Waals surface area contributed by atoms with Gasteiger partial charge in [-0.2, -0.15) is 0 Å². The molecule has 166 valence electrons. The fourth-order valence-electron chi connectivity index (χ4n) is 3.34. The Balaban J connectivity index is 1.65. The van der Waals surface area contributed by atoms with E-state index in [1.807, 2.05) is 62.5 Å². The fraction of sp³-hybridized carbons (Fsp3) is 0.435. The molecule has 3 amide bonds. The molecular formula is C23H29N3O4S. The normalized spacial score (nSPS) is 15.3. The van der Waals surface area contributed by atoms with Crippen LogP contribution in [0.15, 0.2) is 47.8 Å². The van der Waals surface area contributed by atoms with Gasteiger partial charge in [0.15, 0.2) is 0 Å². The molecule has 0 spiro atoms. The van der Waals surface area contributed by atoms with E-state index in [4.69, 9.17) is 4.74 Å². The van der Waals surface area contributed by atoms with Gasteiger partial charge in [0.2, 0.25) is 5.91 Å². The van der Waals surface area contributed by atoms with Crippen molar-refractivity contribution < 1.29 is 19.1 Å². The number of carbonyl (C=O) groups is 3. The van der Waals surface area contributed by atoms with Gasteiger partial charge in [0, 0.05) is 32.6 Å². The third kappa shape index (κ3) is 6.55. The summed E-state index contributed by atoms with van der Waals surface area (Å²) in [4.78, 5) is 42.1. The summed E-state index contributed by atoms with van der Waals surface area (Å²) in [6.45, 7) is 7.09. The molecule has 1 fully saturated rings. The average Bonchev–Trinajstić information content (AvgIpc) is 3.27. The van der Waals surface area contributed by atoms with E-state index in [9.17, 15) is 14.4 Å². The van der Waals surface area contributed by atoms with Gasteiger partial charge in [-0.1, -0.05) is 36.4 Å². The highest BCUT2D eigenvalue weighted by Crippen LogP contribution is 2.15. The lowest BCUT2D eigenvalue weighted by atomic mass is 10.0. The zero-order chi connectivity index (χ0) is 22.4. The first-order chi connectivity index (χ1) is 14.7. The van der Waals surface area contributed by atoms with Crippen LogP contribution in [-0.2, 0) is 16.0 Å². The summed E-state index contributed by atoms with van der Waals surface area (Å²) in [5.74, 6) is -0.394. The number of nitrogens with zero attached hydrogens (tertiary/aromatic N) is 2. The van der Waals surface area contributed by atoms with Crippen LogP contribution in [0.5, 0.6) is 0 Å². The number of carbonyl (C=O) groups excluding carboxylic acids is 3. The largest absolute Gasteiger partial charge is 0.444 e. The predicted octanol–water partition coefficient (Wildman–Crippen LogP) is 3.17. The molecule has 3 rings (SSSR count). The maximum atomic E-state index is 13.3. The van der Waals surface area contributed by atoms with Crippen LogP contribution >= 0.6 is 11.3 Å². The van der Waals surface area contributed by atoms with Crippen molar-refractivity contribution in [1.82, 2.24) is 15.1 Å². The van der Waals surface area contributed by atoms with Gasteiger partial charge in [-0.3, -0.25) is 9.59 Å². The molecule has 2 aromatic rings. The van der Waals surface area contributed by atoms with E-state index >= 15 is 0 Å². The highest BCUT2D eigenvalue weighted by molar-refractivity contribution is 7.12. The first-order valence-corrected chi connectivity index (χ1v) is 11.3. The van der Waals surface area contributed by atoms with Crippen LogP contribution in [-0.4, -0.2) is 65.5 Å². The number of amides is 3. The highest BCUT2D eigenvalue weighted by atomic mass is 32.1. The second-order valence-corrected chi connectivity index (χ2v) is 9.43. The summed E-state index contributed by atoms with van der Waals surface area (Å²) in [5.41, 5.74) is 0.413. The first-order valence-electron chi connectivity index (χ1n) is 10.4. The number of hydrogen-bond donors (Lipinski definition) is 1. The monoisotopic (exact) mass is 443 g/mol. The molecule has 2 heterocycles. The van der Waals surface area contributed by atoms with Crippen LogP contribution in [0.2, 0.25) is 0 Å². The third-order valence-electron chi connectivity index (χ3n) is 4.87. The van der Waals surface area contributed by atoms with E-state index < -0.39 is 11.6 Å². The van der Waals surface area contributed by atoms with E-state index in [0.717, 1.165) is 5.56 Å². The van der Waals surface area contributed by atoms with E-state index in [2.05, 4.69) is 5.32 Å². The number of piperazine rings is 1. The molecule has 1 saturated heterocycles. The van der Waals surface area contributed by atoms with E-state index in [1.165, 1.54) is 11.3 Å². The minimum atomic E-state index is -0.676. The summed E-state index contributed by atoms with van der Waals surface area (Å²) in [7, 11) is 0. The number of nitrogens with one attached hydrogen (secondary N) is 1. The van der Waals surface area contributed by atoms with Gasteiger partial charge in [-0.15, -0.1) is 11.3 Å². The van der Waals surface area contributed by atoms with Gasteiger partial charge in [0.1, 0.15) is 11.6 Å². The van der Waals surface area contributed by atoms with Crippen molar-refractivity contribution in [3.05, 3.63) is 58.3 Å². The second kappa shape index (κ2) is 9.96. The molecule has 1 unspecified atom stereocenters. The van der Waals surface area contributed by atoms with Gasteiger partial charge in [-0.25, -0.2) is 4.79 Å². The smallest absolute Gasteiger partial charge is 0.410 e. The van der Waals surface area contributed by atoms with Gasteiger partial charge in [0.05, 0.1) is 4.88 Å². The highest BCUT2D eigenvalue weighted by Gasteiger charge is 2.31. The van der Waals surface area contributed by atoms with Gasteiger partial charge in [-0.05, 0) is 37.8 Å². The molecular weight excluding hydrogens is 414 g/mol. The molecule has 31 heavy (non-hydrogen) atoms. The number of thiophene rings is 1. The Labute approximate surface area is 187 Å². The molecule has 0 saturated carbocycles. The number of rotatable bonds is 5. The summed E-state index contributed by atoms with van der Waals surface area (Å²) in [6.07, 6.45) is 0.0368. The summed E-state index contributed by atoms with van der Waals surface area (Å²) >= 11 is 1.34. The van der Waals surface area contributed by atoms with Crippen LogP contribution < -0.4 is 5.32 Å². The van der Waals surface area contributed by atoms with Crippen LogP contribution in [0, 0.1) is 0 Å². The standard InChI is InChI=1S/C23H29N3O4S/c1-23(2,3)30-22(29)26-13-11-25(12-14-26)21(28)18(16-17-8-5-4-6-9-17)24-20(27)19-10-7-15-31-19/h4-10,15,18H,11-14,16H2,1-3H3,(H,24,27). The molecule has 1 aromatic carbocycles. The van der Waals surface area contributed by atoms with Crippen molar-refractivity contribution in [2.75, 3.05) is 26.2 Å². The fourth-order valence-corrected chi connectivity index (χ4v) is 3.97. The Morgan fingerprint density at radius 2 is 1.65 bits per heavy atom. The molecule has 1 aliphatic rings. The molecule has 0 bridgehead atoms. The Hall–Kier alpha value is -2.87. The van der Waals surface area contributed by atoms with Gasteiger partial charge in [0.25, 0.3) is 5.91 Å². The minimum absolute atomic E-state index is 0.141. The van der Waals surface area contributed by atoms with Crippen molar-refractivity contribution in [3.63, 3.8) is 0 Å². The van der Waals surface area contributed by atoms with Gasteiger partial charge < -0.3 is 19.9 Å². The Morgan fingerprint density at radius 3 is 2.23 bits per heavy atom. The number of benzene rings is 1. The summed E-state index contributed by atoms with van der Waals surface area (Å²) < 4.78 is 5.42. The van der Waals surface area contributed by atoms with Crippen molar-refractivity contribution >= 4 is 29.2 Å².